The molecule has 2 aliphatic carbocycles. The summed E-state index contributed by atoms with van der Waals surface area (Å²) in [5.41, 5.74) is 8.93. The smallest absolute Gasteiger partial charge is 1.00 e. The van der Waals surface area contributed by atoms with Crippen molar-refractivity contribution in [2.45, 2.75) is 13.7 Å². The van der Waals surface area contributed by atoms with Crippen LogP contribution in [0.25, 0.3) is 11.1 Å². The van der Waals surface area contributed by atoms with E-state index in [1.165, 1.54) is 22.3 Å². The molecular formula is C31H25Cl2Zr. The van der Waals surface area contributed by atoms with Crippen molar-refractivity contribution < 1.29 is 46.6 Å². The maximum atomic E-state index is 2.46. The maximum Gasteiger partial charge on any atom is -1.00 e. The zero-order chi connectivity index (χ0) is 21.3. The molecule has 0 radical (unpaired) electrons. The van der Waals surface area contributed by atoms with Crippen LogP contribution in [0.15, 0.2) is 131 Å². The molecular weight excluding hydrogens is 534 g/mol. The van der Waals surface area contributed by atoms with Gasteiger partial charge in [-0.15, -0.1) is 0 Å². The average molecular weight is 560 g/mol. The number of allylic oxidation sites excluding steroid dienone is 4. The summed E-state index contributed by atoms with van der Waals surface area (Å²) in [4.78, 5) is 0. The van der Waals surface area contributed by atoms with Gasteiger partial charge in [0.05, 0.1) is 0 Å². The predicted octanol–water partition coefficient (Wildman–Crippen LogP) is 2.02. The Kier molecular flexibility index (Phi) is 8.10. The van der Waals surface area contributed by atoms with E-state index in [1.54, 1.807) is 14.4 Å². The third-order valence-electron chi connectivity index (χ3n) is 6.86. The number of benzene rings is 4. The fraction of sp³-hybridized carbons (Fsp3) is 0.0968. The first-order valence-corrected chi connectivity index (χ1v) is 15.5. The molecule has 4 aromatic carbocycles. The van der Waals surface area contributed by atoms with E-state index in [9.17, 15) is 0 Å². The summed E-state index contributed by atoms with van der Waals surface area (Å²) in [6.45, 7) is 0. The van der Waals surface area contributed by atoms with Crippen molar-refractivity contribution in [2.75, 3.05) is 0 Å². The molecule has 0 N–H and O–H groups in total. The van der Waals surface area contributed by atoms with Crippen molar-refractivity contribution in [1.82, 2.24) is 0 Å². The van der Waals surface area contributed by atoms with Gasteiger partial charge in [-0.3, -0.25) is 0 Å². The Morgan fingerprint density at radius 3 is 1.53 bits per heavy atom. The number of fused-ring (bicyclic) bond motifs is 3. The maximum absolute atomic E-state index is 2.46. The number of hydrogen-bond donors (Lipinski definition) is 0. The second-order valence-corrected chi connectivity index (χ2v) is 15.3. The van der Waals surface area contributed by atoms with Gasteiger partial charge in [0.25, 0.3) is 0 Å². The SMILES string of the molecule is C1=CC[C]([Zr+2]([CH](c2ccccc2)c2ccccc2)[CH]2c3ccccc3-c3ccccc32)=C1.[Cl-].[Cl-]. The van der Waals surface area contributed by atoms with E-state index in [1.807, 2.05) is 0 Å². The fourth-order valence-corrected chi connectivity index (χ4v) is 15.3. The molecule has 0 spiro atoms. The Hall–Kier alpha value is -2.18. The Bertz CT molecular complexity index is 1220. The van der Waals surface area contributed by atoms with Crippen LogP contribution in [-0.4, -0.2) is 0 Å². The molecule has 0 atom stereocenters. The Morgan fingerprint density at radius 2 is 1.06 bits per heavy atom. The van der Waals surface area contributed by atoms with E-state index >= 15 is 0 Å². The first kappa shape index (κ1) is 24.9. The van der Waals surface area contributed by atoms with Gasteiger partial charge in [-0.1, -0.05) is 0 Å². The van der Waals surface area contributed by atoms with E-state index in [0.29, 0.717) is 7.25 Å². The Morgan fingerprint density at radius 1 is 0.588 bits per heavy atom. The molecule has 6 rings (SSSR count). The predicted molar refractivity (Wildman–Crippen MR) is 130 cm³/mol. The molecule has 0 aromatic heterocycles. The summed E-state index contributed by atoms with van der Waals surface area (Å²) in [5, 5.41) is 0. The molecule has 0 aliphatic heterocycles. The standard InChI is InChI=1S/C13H9.C13H11.C5H5.2ClH.Zr/c1-3-7-12-10(5-1)9-11-6-2-4-8-13(11)12;1-3-7-12(8-4-1)11-13-9-5-2-6-10-13;1-2-4-5-3-1;;;/h1-9H;1-11H;1-3H,4H2;2*1H;/q;;;;;+2/p-2. The number of hydrogen-bond acceptors (Lipinski definition) is 0. The van der Waals surface area contributed by atoms with Crippen LogP contribution < -0.4 is 24.8 Å². The van der Waals surface area contributed by atoms with Crippen LogP contribution in [0, 0.1) is 0 Å². The molecule has 34 heavy (non-hydrogen) atoms. The molecule has 4 aromatic rings. The van der Waals surface area contributed by atoms with Crippen LogP contribution in [0.2, 0.25) is 0 Å². The number of rotatable bonds is 5. The minimum atomic E-state index is -2.39. The van der Waals surface area contributed by atoms with Gasteiger partial charge >= 0.3 is 200 Å². The zero-order valence-corrected chi connectivity index (χ0v) is 22.7. The van der Waals surface area contributed by atoms with Crippen molar-refractivity contribution in [1.29, 1.82) is 0 Å². The second kappa shape index (κ2) is 11.0. The minimum absolute atomic E-state index is 0. The first-order valence-electron chi connectivity index (χ1n) is 11.4. The van der Waals surface area contributed by atoms with Crippen LogP contribution in [0.3, 0.4) is 0 Å². The van der Waals surface area contributed by atoms with Crippen LogP contribution in [-0.2, 0) is 21.8 Å². The van der Waals surface area contributed by atoms with Gasteiger partial charge in [-0.2, -0.15) is 0 Å². The van der Waals surface area contributed by atoms with Gasteiger partial charge in [-0.25, -0.2) is 0 Å². The third kappa shape index (κ3) is 4.43. The van der Waals surface area contributed by atoms with Crippen molar-refractivity contribution >= 4 is 0 Å². The summed E-state index contributed by atoms with van der Waals surface area (Å²) in [7, 11) is 0. The molecule has 0 fully saturated rings. The van der Waals surface area contributed by atoms with Crippen molar-refractivity contribution in [3.05, 3.63) is 153 Å². The van der Waals surface area contributed by atoms with E-state index < -0.39 is 21.8 Å². The summed E-state index contributed by atoms with van der Waals surface area (Å²) in [5.74, 6) is 0. The van der Waals surface area contributed by atoms with Gasteiger partial charge in [0.2, 0.25) is 0 Å². The molecule has 0 nitrogen and oxygen atoms in total. The summed E-state index contributed by atoms with van der Waals surface area (Å²) in [6.07, 6.45) is 8.22. The molecule has 3 heteroatoms. The molecule has 167 valence electrons. The zero-order valence-electron chi connectivity index (χ0n) is 18.7. The van der Waals surface area contributed by atoms with Gasteiger partial charge in [0.15, 0.2) is 0 Å². The summed E-state index contributed by atoms with van der Waals surface area (Å²) >= 11 is -2.39. The van der Waals surface area contributed by atoms with Crippen LogP contribution in [0.5, 0.6) is 0 Å². The Balaban J connectivity index is 0.00000137. The first-order chi connectivity index (χ1) is 15.9. The molecule has 0 saturated heterocycles. The van der Waals surface area contributed by atoms with Crippen LogP contribution >= 0.6 is 0 Å². The quantitative estimate of drug-likeness (QED) is 0.351. The van der Waals surface area contributed by atoms with Gasteiger partial charge in [0.1, 0.15) is 0 Å². The van der Waals surface area contributed by atoms with Crippen molar-refractivity contribution in [2.24, 2.45) is 0 Å². The van der Waals surface area contributed by atoms with E-state index in [-0.39, 0.29) is 24.8 Å². The average Bonchev–Trinajstić information content (AvgIpc) is 3.51. The fourth-order valence-electron chi connectivity index (χ4n) is 5.53. The monoisotopic (exact) mass is 557 g/mol. The Labute approximate surface area is 222 Å². The molecule has 0 amide bonds. The topological polar surface area (TPSA) is 0 Å². The van der Waals surface area contributed by atoms with Gasteiger partial charge in [-0.05, 0) is 0 Å². The van der Waals surface area contributed by atoms with E-state index in [2.05, 4.69) is 127 Å². The largest absolute Gasteiger partial charge is 1.00 e. The molecule has 0 unspecified atom stereocenters. The molecule has 0 saturated carbocycles. The summed E-state index contributed by atoms with van der Waals surface area (Å²) in [6, 6.07) is 40.9. The van der Waals surface area contributed by atoms with E-state index in [4.69, 9.17) is 0 Å². The normalized spacial score (nSPS) is 13.5. The minimum Gasteiger partial charge on any atom is -1.00 e. The molecule has 0 heterocycles. The van der Waals surface area contributed by atoms with Crippen LogP contribution in [0.4, 0.5) is 0 Å². The van der Waals surface area contributed by atoms with Crippen molar-refractivity contribution in [3.63, 3.8) is 0 Å². The summed E-state index contributed by atoms with van der Waals surface area (Å²) < 4.78 is 2.73. The van der Waals surface area contributed by atoms with Gasteiger partial charge < -0.3 is 24.8 Å². The number of halogens is 2. The second-order valence-electron chi connectivity index (χ2n) is 8.64. The van der Waals surface area contributed by atoms with E-state index in [0.717, 1.165) is 6.42 Å². The molecule has 2 aliphatic rings. The van der Waals surface area contributed by atoms with Crippen molar-refractivity contribution in [3.8, 4) is 11.1 Å². The third-order valence-corrected chi connectivity index (χ3v) is 15.8. The van der Waals surface area contributed by atoms with Crippen LogP contribution in [0.1, 0.15) is 35.9 Å². The van der Waals surface area contributed by atoms with Gasteiger partial charge in [0, 0.05) is 0 Å². The molecule has 0 bridgehead atoms.